The summed E-state index contributed by atoms with van der Waals surface area (Å²) in [4.78, 5) is 16.3. The maximum absolute atomic E-state index is 12.6. The van der Waals surface area contributed by atoms with Crippen LogP contribution in [-0.2, 0) is 14.8 Å². The maximum Gasteiger partial charge on any atom is 0.342 e. The molecule has 0 atom stereocenters. The number of carbonyl (C=O) groups is 1. The molecule has 0 aliphatic heterocycles. The van der Waals surface area contributed by atoms with Crippen LogP contribution in [-0.4, -0.2) is 36.2 Å². The molecular formula is C16H16N4O4S2. The molecule has 3 aromatic rings. The molecule has 0 amide bonds. The lowest BCUT2D eigenvalue weighted by atomic mass is 10.1. The zero-order valence-electron chi connectivity index (χ0n) is 14.0. The Morgan fingerprint density at radius 3 is 2.88 bits per heavy atom. The van der Waals surface area contributed by atoms with Gasteiger partial charge in [-0.2, -0.15) is 13.5 Å². The lowest BCUT2D eigenvalue weighted by Crippen LogP contribution is -2.17. The Balaban J connectivity index is 1.89. The van der Waals surface area contributed by atoms with Gasteiger partial charge in [-0.1, -0.05) is 12.1 Å². The summed E-state index contributed by atoms with van der Waals surface area (Å²) in [5.74, 6) is -0.756. The standard InChI is InChI=1S/C16H16N4O4S2/c1-3-24-16(21)13-8-17-19-15(13)26(22,23)20-12-6-4-5-11(7-12)14-9-25-10(2)18-14/h4-9,20H,3H2,1-2H3,(H,17,19). The molecule has 0 aliphatic rings. The zero-order chi connectivity index (χ0) is 18.7. The number of benzene rings is 1. The van der Waals surface area contributed by atoms with Gasteiger partial charge in [0.15, 0.2) is 5.03 Å². The number of sulfonamides is 1. The van der Waals surface area contributed by atoms with Crippen LogP contribution in [0.5, 0.6) is 0 Å². The summed E-state index contributed by atoms with van der Waals surface area (Å²) in [7, 11) is -4.04. The molecule has 0 spiro atoms. The monoisotopic (exact) mass is 392 g/mol. The fourth-order valence-electron chi connectivity index (χ4n) is 2.28. The molecule has 0 bridgehead atoms. The molecule has 2 heterocycles. The summed E-state index contributed by atoms with van der Waals surface area (Å²) in [6.45, 7) is 3.66. The van der Waals surface area contributed by atoms with Crippen LogP contribution >= 0.6 is 11.3 Å². The van der Waals surface area contributed by atoms with E-state index < -0.39 is 16.0 Å². The van der Waals surface area contributed by atoms with Gasteiger partial charge in [0, 0.05) is 16.6 Å². The van der Waals surface area contributed by atoms with E-state index in [9.17, 15) is 13.2 Å². The van der Waals surface area contributed by atoms with Crippen LogP contribution in [0.2, 0.25) is 0 Å². The van der Waals surface area contributed by atoms with Gasteiger partial charge in [0.2, 0.25) is 0 Å². The van der Waals surface area contributed by atoms with Gasteiger partial charge in [-0.3, -0.25) is 9.82 Å². The van der Waals surface area contributed by atoms with Crippen molar-refractivity contribution in [2.75, 3.05) is 11.3 Å². The van der Waals surface area contributed by atoms with Crippen molar-refractivity contribution in [2.45, 2.75) is 18.9 Å². The number of aromatic nitrogens is 3. The Kier molecular flexibility index (Phi) is 5.05. The summed E-state index contributed by atoms with van der Waals surface area (Å²) >= 11 is 1.51. The topological polar surface area (TPSA) is 114 Å². The fraction of sp³-hybridized carbons (Fsp3) is 0.188. The maximum atomic E-state index is 12.6. The van der Waals surface area contributed by atoms with E-state index in [2.05, 4.69) is 19.9 Å². The summed E-state index contributed by atoms with van der Waals surface area (Å²) in [5, 5.41) is 8.47. The lowest BCUT2D eigenvalue weighted by Gasteiger charge is -2.09. The van der Waals surface area contributed by atoms with Crippen molar-refractivity contribution in [3.8, 4) is 11.3 Å². The van der Waals surface area contributed by atoms with E-state index in [0.717, 1.165) is 22.5 Å². The van der Waals surface area contributed by atoms with E-state index in [1.807, 2.05) is 18.4 Å². The minimum atomic E-state index is -4.04. The van der Waals surface area contributed by atoms with Gasteiger partial charge >= 0.3 is 5.97 Å². The second kappa shape index (κ2) is 7.26. The molecule has 1 aromatic carbocycles. The Morgan fingerprint density at radius 2 is 2.19 bits per heavy atom. The zero-order valence-corrected chi connectivity index (χ0v) is 15.6. The van der Waals surface area contributed by atoms with Gasteiger partial charge < -0.3 is 4.74 Å². The highest BCUT2D eigenvalue weighted by Crippen LogP contribution is 2.25. The fourth-order valence-corrected chi connectivity index (χ4v) is 4.04. The van der Waals surface area contributed by atoms with Gasteiger partial charge in [0.05, 0.1) is 23.5 Å². The number of anilines is 1. The Morgan fingerprint density at radius 1 is 1.38 bits per heavy atom. The molecule has 0 unspecified atom stereocenters. The summed E-state index contributed by atoms with van der Waals surface area (Å²) < 4.78 is 32.6. The van der Waals surface area contributed by atoms with Crippen molar-refractivity contribution in [3.63, 3.8) is 0 Å². The first-order chi connectivity index (χ1) is 12.4. The summed E-state index contributed by atoms with van der Waals surface area (Å²) in [6.07, 6.45) is 1.13. The van der Waals surface area contributed by atoms with E-state index in [-0.39, 0.29) is 17.2 Å². The molecule has 0 aliphatic carbocycles. The highest BCUT2D eigenvalue weighted by molar-refractivity contribution is 7.92. The van der Waals surface area contributed by atoms with Crippen molar-refractivity contribution in [3.05, 3.63) is 46.4 Å². The SMILES string of the molecule is CCOC(=O)c1cn[nH]c1S(=O)(=O)Nc1cccc(-c2csc(C)n2)c1. The Hall–Kier alpha value is -2.72. The third kappa shape index (κ3) is 3.75. The van der Waals surface area contributed by atoms with Crippen molar-refractivity contribution in [2.24, 2.45) is 0 Å². The number of esters is 1. The third-order valence-electron chi connectivity index (χ3n) is 3.40. The molecular weight excluding hydrogens is 376 g/mol. The average molecular weight is 392 g/mol. The normalized spacial score (nSPS) is 11.3. The first-order valence-corrected chi connectivity index (χ1v) is 10.0. The first kappa shape index (κ1) is 18.1. The van der Waals surface area contributed by atoms with E-state index >= 15 is 0 Å². The predicted octanol–water partition coefficient (Wildman–Crippen LogP) is 2.82. The van der Waals surface area contributed by atoms with Gasteiger partial charge in [-0.05, 0) is 26.0 Å². The average Bonchev–Trinajstić information content (AvgIpc) is 3.24. The van der Waals surface area contributed by atoms with Crippen LogP contribution in [0, 0.1) is 6.92 Å². The number of nitrogens with zero attached hydrogens (tertiary/aromatic N) is 2. The van der Waals surface area contributed by atoms with Crippen LogP contribution in [0.1, 0.15) is 22.3 Å². The van der Waals surface area contributed by atoms with Gasteiger partial charge in [0.1, 0.15) is 5.56 Å². The van der Waals surface area contributed by atoms with Gasteiger partial charge in [0.25, 0.3) is 10.0 Å². The molecule has 136 valence electrons. The highest BCUT2D eigenvalue weighted by atomic mass is 32.2. The van der Waals surface area contributed by atoms with Crippen molar-refractivity contribution < 1.29 is 17.9 Å². The number of hydrogen-bond donors (Lipinski definition) is 2. The number of thiazole rings is 1. The lowest BCUT2D eigenvalue weighted by molar-refractivity contribution is 0.0522. The molecule has 0 radical (unpaired) electrons. The first-order valence-electron chi connectivity index (χ1n) is 7.66. The third-order valence-corrected chi connectivity index (χ3v) is 5.52. The van der Waals surface area contributed by atoms with Crippen molar-refractivity contribution in [1.82, 2.24) is 15.2 Å². The van der Waals surface area contributed by atoms with Crippen LogP contribution in [0.15, 0.2) is 40.9 Å². The number of aromatic amines is 1. The summed E-state index contributed by atoms with van der Waals surface area (Å²) in [6, 6.07) is 6.85. The largest absolute Gasteiger partial charge is 0.462 e. The number of carbonyl (C=O) groups excluding carboxylic acids is 1. The van der Waals surface area contributed by atoms with Gasteiger partial charge in [-0.25, -0.2) is 9.78 Å². The molecule has 8 nitrogen and oxygen atoms in total. The molecule has 2 N–H and O–H groups in total. The van der Waals surface area contributed by atoms with Crippen molar-refractivity contribution >= 4 is 33.0 Å². The quantitative estimate of drug-likeness (QED) is 0.624. The second-order valence-corrected chi connectivity index (χ2v) is 7.95. The molecule has 10 heteroatoms. The molecule has 0 saturated carbocycles. The Bertz CT molecular complexity index is 1040. The number of ether oxygens (including phenoxy) is 1. The molecule has 0 fully saturated rings. The predicted molar refractivity (Wildman–Crippen MR) is 97.6 cm³/mol. The highest BCUT2D eigenvalue weighted by Gasteiger charge is 2.26. The van der Waals surface area contributed by atoms with Crippen LogP contribution in [0.25, 0.3) is 11.3 Å². The number of hydrogen-bond acceptors (Lipinski definition) is 7. The Labute approximate surface area is 154 Å². The van der Waals surface area contributed by atoms with Crippen LogP contribution < -0.4 is 4.72 Å². The van der Waals surface area contributed by atoms with Crippen LogP contribution in [0.3, 0.4) is 0 Å². The van der Waals surface area contributed by atoms with Crippen LogP contribution in [0.4, 0.5) is 5.69 Å². The minimum absolute atomic E-state index is 0.131. The smallest absolute Gasteiger partial charge is 0.342 e. The van der Waals surface area contributed by atoms with E-state index in [0.29, 0.717) is 5.69 Å². The number of H-pyrrole nitrogens is 1. The van der Waals surface area contributed by atoms with Crippen molar-refractivity contribution in [1.29, 1.82) is 0 Å². The summed E-state index contributed by atoms with van der Waals surface area (Å²) in [5.41, 5.74) is 1.75. The number of rotatable bonds is 6. The number of aryl methyl sites for hydroxylation is 1. The van der Waals surface area contributed by atoms with E-state index in [1.54, 1.807) is 25.1 Å². The molecule has 0 saturated heterocycles. The molecule has 2 aromatic heterocycles. The second-order valence-electron chi connectivity index (χ2n) is 5.27. The van der Waals surface area contributed by atoms with E-state index in [4.69, 9.17) is 4.74 Å². The minimum Gasteiger partial charge on any atom is -0.462 e. The molecule has 26 heavy (non-hydrogen) atoms. The number of nitrogens with one attached hydrogen (secondary N) is 2. The van der Waals surface area contributed by atoms with Gasteiger partial charge in [-0.15, -0.1) is 11.3 Å². The van der Waals surface area contributed by atoms with E-state index in [1.165, 1.54) is 11.3 Å². The molecule has 3 rings (SSSR count).